The van der Waals surface area contributed by atoms with Gasteiger partial charge in [0, 0.05) is 13.1 Å². The van der Waals surface area contributed by atoms with Crippen LogP contribution in [0.4, 0.5) is 5.95 Å². The first-order valence-electron chi connectivity index (χ1n) is 5.70. The van der Waals surface area contributed by atoms with E-state index >= 15 is 0 Å². The number of anilines is 1. The maximum Gasteiger partial charge on any atom is 0.246 e. The topological polar surface area (TPSA) is 101 Å². The molecule has 0 fully saturated rings. The molecule has 1 aromatic rings. The Balaban J connectivity index is 3.02. The predicted molar refractivity (Wildman–Crippen MR) is 69.1 cm³/mol. The molecule has 1 heterocycles. The number of aromatic nitrogens is 2. The van der Waals surface area contributed by atoms with Gasteiger partial charge < -0.3 is 0 Å². The van der Waals surface area contributed by atoms with Gasteiger partial charge in [-0.1, -0.05) is 20.8 Å². The fraction of sp³-hybridized carbons (Fsp3) is 0.600. The first-order valence-corrected chi connectivity index (χ1v) is 7.14. The molecule has 0 unspecified atom stereocenters. The van der Waals surface area contributed by atoms with Gasteiger partial charge in [0.05, 0.1) is 12.4 Å². The molecule has 1 aromatic heterocycles. The molecule has 0 atom stereocenters. The lowest BCUT2D eigenvalue weighted by Gasteiger charge is -2.21. The second kappa shape index (κ2) is 6.07. The third-order valence-electron chi connectivity index (χ3n) is 2.32. The molecular formula is C10H19N5O2S. The van der Waals surface area contributed by atoms with Crippen molar-refractivity contribution in [2.45, 2.75) is 25.7 Å². The van der Waals surface area contributed by atoms with E-state index in [2.05, 4.69) is 15.4 Å². The number of nitrogens with two attached hydrogens (primary N) is 1. The fourth-order valence-electron chi connectivity index (χ4n) is 1.48. The van der Waals surface area contributed by atoms with Crippen LogP contribution in [-0.4, -0.2) is 35.8 Å². The van der Waals surface area contributed by atoms with Crippen molar-refractivity contribution >= 4 is 16.0 Å². The number of hydrogen-bond donors (Lipinski definition) is 2. The van der Waals surface area contributed by atoms with E-state index in [1.54, 1.807) is 6.92 Å². The Hall–Kier alpha value is -1.25. The number of rotatable bonds is 6. The van der Waals surface area contributed by atoms with Gasteiger partial charge in [0.25, 0.3) is 0 Å². The Morgan fingerprint density at radius 3 is 2.33 bits per heavy atom. The normalized spacial score (nSPS) is 12.1. The van der Waals surface area contributed by atoms with Gasteiger partial charge in [-0.15, -0.1) is 0 Å². The number of hydrogen-bond acceptors (Lipinski definition) is 6. The Bertz CT molecular complexity index is 472. The fourth-order valence-corrected chi connectivity index (χ4v) is 2.98. The molecule has 3 N–H and O–H groups in total. The lowest BCUT2D eigenvalue weighted by molar-refractivity contribution is 0.380. The van der Waals surface area contributed by atoms with Gasteiger partial charge in [0.1, 0.15) is 4.90 Å². The minimum absolute atomic E-state index is 0.0731. The van der Waals surface area contributed by atoms with Crippen molar-refractivity contribution in [1.82, 2.24) is 14.3 Å². The van der Waals surface area contributed by atoms with Crippen LogP contribution in [0.5, 0.6) is 0 Å². The predicted octanol–water partition coefficient (Wildman–Crippen LogP) is 0.429. The van der Waals surface area contributed by atoms with E-state index in [1.807, 2.05) is 13.8 Å². The van der Waals surface area contributed by atoms with Gasteiger partial charge in [-0.2, -0.15) is 4.31 Å². The summed E-state index contributed by atoms with van der Waals surface area (Å²) in [6.07, 6.45) is 2.50. The van der Waals surface area contributed by atoms with E-state index in [4.69, 9.17) is 5.84 Å². The maximum absolute atomic E-state index is 12.3. The quantitative estimate of drug-likeness (QED) is 0.575. The third-order valence-corrected chi connectivity index (χ3v) is 4.21. The Kier molecular flexibility index (Phi) is 5.00. The number of hydrazine groups is 1. The first-order chi connectivity index (χ1) is 8.41. The smallest absolute Gasteiger partial charge is 0.246 e. The molecule has 0 radical (unpaired) electrons. The monoisotopic (exact) mass is 273 g/mol. The van der Waals surface area contributed by atoms with Crippen molar-refractivity contribution in [2.24, 2.45) is 11.8 Å². The molecule has 18 heavy (non-hydrogen) atoms. The van der Waals surface area contributed by atoms with E-state index in [0.717, 1.165) is 0 Å². The van der Waals surface area contributed by atoms with E-state index in [-0.39, 0.29) is 16.8 Å². The highest BCUT2D eigenvalue weighted by Crippen LogP contribution is 2.15. The van der Waals surface area contributed by atoms with Crippen LogP contribution in [0.2, 0.25) is 0 Å². The number of sulfonamides is 1. The lowest BCUT2D eigenvalue weighted by atomic mass is 10.2. The number of nitrogens with one attached hydrogen (secondary N) is 1. The molecule has 0 saturated carbocycles. The van der Waals surface area contributed by atoms with Crippen LogP contribution in [0.15, 0.2) is 17.3 Å². The van der Waals surface area contributed by atoms with E-state index < -0.39 is 10.0 Å². The van der Waals surface area contributed by atoms with E-state index in [1.165, 1.54) is 16.7 Å². The highest BCUT2D eigenvalue weighted by molar-refractivity contribution is 7.89. The van der Waals surface area contributed by atoms with Crippen LogP contribution in [0.3, 0.4) is 0 Å². The van der Waals surface area contributed by atoms with Gasteiger partial charge in [-0.25, -0.2) is 24.2 Å². The molecular weight excluding hydrogens is 254 g/mol. The first kappa shape index (κ1) is 14.8. The van der Waals surface area contributed by atoms with Crippen molar-refractivity contribution in [3.8, 4) is 0 Å². The Morgan fingerprint density at radius 2 is 1.94 bits per heavy atom. The van der Waals surface area contributed by atoms with Crippen molar-refractivity contribution in [1.29, 1.82) is 0 Å². The maximum atomic E-state index is 12.3. The summed E-state index contributed by atoms with van der Waals surface area (Å²) in [5.74, 6) is 5.56. The van der Waals surface area contributed by atoms with Crippen LogP contribution in [0.1, 0.15) is 20.8 Å². The SMILES string of the molecule is CCN(CC(C)C)S(=O)(=O)c1cnc(NN)nc1. The van der Waals surface area contributed by atoms with Gasteiger partial charge >= 0.3 is 0 Å². The summed E-state index contributed by atoms with van der Waals surface area (Å²) in [5, 5.41) is 0. The lowest BCUT2D eigenvalue weighted by Crippen LogP contribution is -2.34. The summed E-state index contributed by atoms with van der Waals surface area (Å²) in [6.45, 7) is 6.62. The highest BCUT2D eigenvalue weighted by atomic mass is 32.2. The third kappa shape index (κ3) is 3.37. The van der Waals surface area contributed by atoms with Crippen molar-refractivity contribution in [3.05, 3.63) is 12.4 Å². The second-order valence-electron chi connectivity index (χ2n) is 4.24. The van der Waals surface area contributed by atoms with E-state index in [0.29, 0.717) is 13.1 Å². The average Bonchev–Trinajstić information content (AvgIpc) is 2.35. The molecule has 0 aliphatic carbocycles. The Morgan fingerprint density at radius 1 is 1.39 bits per heavy atom. The molecule has 0 amide bonds. The van der Waals surface area contributed by atoms with Gasteiger partial charge in [-0.05, 0) is 5.92 Å². The van der Waals surface area contributed by atoms with E-state index in [9.17, 15) is 8.42 Å². The van der Waals surface area contributed by atoms with Gasteiger partial charge in [0.15, 0.2) is 0 Å². The minimum atomic E-state index is -3.53. The average molecular weight is 273 g/mol. The molecule has 0 aromatic carbocycles. The zero-order valence-corrected chi connectivity index (χ0v) is 11.6. The van der Waals surface area contributed by atoms with Gasteiger partial charge in [-0.3, -0.25) is 5.43 Å². The summed E-state index contributed by atoms with van der Waals surface area (Å²) in [6, 6.07) is 0. The molecule has 1 rings (SSSR count). The van der Waals surface area contributed by atoms with Crippen molar-refractivity contribution in [2.75, 3.05) is 18.5 Å². The Labute approximate surface area is 107 Å². The number of nitrogen functional groups attached to an aromatic ring is 1. The molecule has 7 nitrogen and oxygen atoms in total. The van der Waals surface area contributed by atoms with Crippen molar-refractivity contribution in [3.63, 3.8) is 0 Å². The van der Waals surface area contributed by atoms with Crippen LogP contribution in [0.25, 0.3) is 0 Å². The zero-order chi connectivity index (χ0) is 13.8. The largest absolute Gasteiger partial charge is 0.292 e. The summed E-state index contributed by atoms with van der Waals surface area (Å²) in [7, 11) is -3.53. The summed E-state index contributed by atoms with van der Waals surface area (Å²) >= 11 is 0. The van der Waals surface area contributed by atoms with Crippen LogP contribution >= 0.6 is 0 Å². The minimum Gasteiger partial charge on any atom is -0.292 e. The standard InChI is InChI=1S/C10H19N5O2S/c1-4-15(7-8(2)3)18(16,17)9-5-12-10(14-11)13-6-9/h5-6,8H,4,7,11H2,1-3H3,(H,12,13,14). The summed E-state index contributed by atoms with van der Waals surface area (Å²) in [4.78, 5) is 7.69. The van der Waals surface area contributed by atoms with Gasteiger partial charge in [0.2, 0.25) is 16.0 Å². The van der Waals surface area contributed by atoms with Crippen LogP contribution in [-0.2, 0) is 10.0 Å². The van der Waals surface area contributed by atoms with Crippen LogP contribution < -0.4 is 11.3 Å². The molecule has 0 spiro atoms. The van der Waals surface area contributed by atoms with Crippen molar-refractivity contribution < 1.29 is 8.42 Å². The summed E-state index contributed by atoms with van der Waals surface area (Å²) < 4.78 is 26.0. The highest BCUT2D eigenvalue weighted by Gasteiger charge is 2.24. The molecule has 0 bridgehead atoms. The molecule has 0 aliphatic heterocycles. The zero-order valence-electron chi connectivity index (χ0n) is 10.8. The molecule has 0 saturated heterocycles. The second-order valence-corrected chi connectivity index (χ2v) is 6.17. The summed E-state index contributed by atoms with van der Waals surface area (Å²) in [5.41, 5.74) is 2.25. The van der Waals surface area contributed by atoms with Crippen LogP contribution in [0, 0.1) is 5.92 Å². The molecule has 0 aliphatic rings. The molecule has 8 heteroatoms. The number of nitrogens with zero attached hydrogens (tertiary/aromatic N) is 3. The molecule has 102 valence electrons.